The number of aromatic nitrogens is 4. The van der Waals surface area contributed by atoms with Crippen molar-refractivity contribution in [1.29, 1.82) is 0 Å². The van der Waals surface area contributed by atoms with Crippen molar-refractivity contribution in [2.45, 2.75) is 13.8 Å². The molecule has 0 amide bonds. The summed E-state index contributed by atoms with van der Waals surface area (Å²) < 4.78 is 11.1. The van der Waals surface area contributed by atoms with Gasteiger partial charge in [-0.25, -0.2) is 15.0 Å². The van der Waals surface area contributed by atoms with Gasteiger partial charge in [0.2, 0.25) is 11.9 Å². The predicted octanol–water partition coefficient (Wildman–Crippen LogP) is 3.84. The zero-order chi connectivity index (χ0) is 21.1. The third kappa shape index (κ3) is 3.80. The number of para-hydroxylation sites is 2. The third-order valence-corrected chi connectivity index (χ3v) is 4.53. The number of anilines is 2. The third-order valence-electron chi connectivity index (χ3n) is 4.53. The number of hydrogen-bond donors (Lipinski definition) is 2. The van der Waals surface area contributed by atoms with E-state index in [4.69, 9.17) is 9.47 Å². The Labute approximate surface area is 173 Å². The first-order valence-electron chi connectivity index (χ1n) is 9.51. The van der Waals surface area contributed by atoms with Crippen LogP contribution in [0.3, 0.4) is 0 Å². The van der Waals surface area contributed by atoms with E-state index in [1.807, 2.05) is 56.3 Å². The van der Waals surface area contributed by atoms with Gasteiger partial charge in [0, 0.05) is 17.0 Å². The maximum atomic E-state index is 12.3. The minimum absolute atomic E-state index is 0.232. The van der Waals surface area contributed by atoms with Crippen LogP contribution in [0.15, 0.2) is 53.3 Å². The molecular weight excluding hydrogens is 382 g/mol. The van der Waals surface area contributed by atoms with Crippen LogP contribution in [-0.2, 0) is 0 Å². The molecule has 0 radical (unpaired) electrons. The smallest absolute Gasteiger partial charge is 0.252 e. The van der Waals surface area contributed by atoms with Crippen molar-refractivity contribution in [2.24, 2.45) is 0 Å². The molecule has 8 nitrogen and oxygen atoms in total. The highest BCUT2D eigenvalue weighted by atomic mass is 16.5. The fourth-order valence-electron chi connectivity index (χ4n) is 3.22. The number of ether oxygens (including phenoxy) is 2. The second kappa shape index (κ2) is 8.20. The van der Waals surface area contributed by atoms with Gasteiger partial charge >= 0.3 is 0 Å². The molecule has 0 atom stereocenters. The Morgan fingerprint density at radius 2 is 1.83 bits per heavy atom. The molecule has 0 fully saturated rings. The van der Waals surface area contributed by atoms with E-state index in [1.165, 1.54) is 6.07 Å². The molecule has 4 aromatic rings. The van der Waals surface area contributed by atoms with E-state index in [-0.39, 0.29) is 11.5 Å². The molecule has 0 saturated carbocycles. The highest BCUT2D eigenvalue weighted by Gasteiger charge is 2.12. The van der Waals surface area contributed by atoms with Gasteiger partial charge in [0.15, 0.2) is 0 Å². The average molecular weight is 403 g/mol. The maximum Gasteiger partial charge on any atom is 0.252 e. The summed E-state index contributed by atoms with van der Waals surface area (Å²) in [6, 6.07) is 14.5. The molecule has 2 aromatic heterocycles. The molecule has 30 heavy (non-hydrogen) atoms. The van der Waals surface area contributed by atoms with Crippen molar-refractivity contribution >= 4 is 22.8 Å². The number of fused-ring (bicyclic) bond motifs is 1. The van der Waals surface area contributed by atoms with Crippen LogP contribution in [-0.4, -0.2) is 33.7 Å². The quantitative estimate of drug-likeness (QED) is 0.504. The molecule has 0 aliphatic rings. The number of nitrogens with one attached hydrogen (secondary N) is 2. The summed E-state index contributed by atoms with van der Waals surface area (Å²) in [6.45, 7) is 4.34. The Kier molecular flexibility index (Phi) is 5.30. The van der Waals surface area contributed by atoms with Crippen LogP contribution in [0.1, 0.15) is 12.6 Å². The number of H-pyrrole nitrogens is 1. The molecule has 2 N–H and O–H groups in total. The van der Waals surface area contributed by atoms with Crippen LogP contribution < -0.4 is 20.3 Å². The van der Waals surface area contributed by atoms with E-state index < -0.39 is 0 Å². The molecule has 0 unspecified atom stereocenters. The van der Waals surface area contributed by atoms with Crippen LogP contribution in [0.25, 0.3) is 22.2 Å². The monoisotopic (exact) mass is 403 g/mol. The number of benzene rings is 2. The molecule has 2 heterocycles. The number of aromatic amines is 1. The van der Waals surface area contributed by atoms with E-state index >= 15 is 0 Å². The van der Waals surface area contributed by atoms with Crippen LogP contribution in [0, 0.1) is 6.92 Å². The Bertz CT molecular complexity index is 1270. The van der Waals surface area contributed by atoms with Crippen LogP contribution in [0.2, 0.25) is 0 Å². The molecule has 152 valence electrons. The molecule has 0 aliphatic carbocycles. The lowest BCUT2D eigenvalue weighted by Gasteiger charge is -2.12. The first kappa shape index (κ1) is 19.4. The predicted molar refractivity (Wildman–Crippen MR) is 116 cm³/mol. The fourth-order valence-corrected chi connectivity index (χ4v) is 3.22. The second-order valence-electron chi connectivity index (χ2n) is 6.52. The first-order chi connectivity index (χ1) is 14.6. The van der Waals surface area contributed by atoms with Crippen LogP contribution in [0.4, 0.5) is 11.9 Å². The van der Waals surface area contributed by atoms with E-state index in [0.29, 0.717) is 40.8 Å². The normalized spacial score (nSPS) is 10.8. The lowest BCUT2D eigenvalue weighted by Crippen LogP contribution is -2.12. The minimum atomic E-state index is -0.305. The standard InChI is InChI=1S/C22H21N5O3/c1-4-30-18-11-7-9-14-13(2)23-21(26-20(14)18)27-22-24-16(12-19(28)25-22)15-8-5-6-10-17(15)29-3/h5-12H,4H2,1-3H3,(H2,23,24,25,26,27,28). The van der Waals surface area contributed by atoms with Crippen molar-refractivity contribution in [3.63, 3.8) is 0 Å². The van der Waals surface area contributed by atoms with Gasteiger partial charge < -0.3 is 9.47 Å². The van der Waals surface area contributed by atoms with Gasteiger partial charge in [0.25, 0.3) is 5.56 Å². The van der Waals surface area contributed by atoms with E-state index in [2.05, 4.69) is 25.3 Å². The largest absolute Gasteiger partial charge is 0.496 e. The summed E-state index contributed by atoms with van der Waals surface area (Å²) in [4.78, 5) is 28.5. The van der Waals surface area contributed by atoms with Crippen molar-refractivity contribution in [1.82, 2.24) is 19.9 Å². The molecule has 0 spiro atoms. The number of nitrogens with zero attached hydrogens (tertiary/aromatic N) is 3. The van der Waals surface area contributed by atoms with Gasteiger partial charge in [-0.05, 0) is 32.0 Å². The van der Waals surface area contributed by atoms with Gasteiger partial charge in [0.05, 0.1) is 25.1 Å². The Morgan fingerprint density at radius 3 is 2.63 bits per heavy atom. The first-order valence-corrected chi connectivity index (χ1v) is 9.51. The summed E-state index contributed by atoms with van der Waals surface area (Å²) in [7, 11) is 1.58. The summed E-state index contributed by atoms with van der Waals surface area (Å²) in [5.74, 6) is 1.84. The van der Waals surface area contributed by atoms with Gasteiger partial charge in [0.1, 0.15) is 17.0 Å². The van der Waals surface area contributed by atoms with Gasteiger partial charge in [-0.15, -0.1) is 0 Å². The second-order valence-corrected chi connectivity index (χ2v) is 6.52. The lowest BCUT2D eigenvalue weighted by atomic mass is 10.1. The van der Waals surface area contributed by atoms with Crippen molar-refractivity contribution in [2.75, 3.05) is 19.0 Å². The van der Waals surface area contributed by atoms with Crippen LogP contribution >= 0.6 is 0 Å². The SMILES string of the molecule is CCOc1cccc2c(C)nc(Nc3nc(-c4ccccc4OC)cc(=O)[nH]3)nc12. The van der Waals surface area contributed by atoms with Crippen molar-refractivity contribution in [3.05, 3.63) is 64.6 Å². The summed E-state index contributed by atoms with van der Waals surface area (Å²) in [5, 5.41) is 3.91. The van der Waals surface area contributed by atoms with E-state index in [1.54, 1.807) is 7.11 Å². The van der Waals surface area contributed by atoms with Crippen molar-refractivity contribution in [3.8, 4) is 22.8 Å². The fraction of sp³-hybridized carbons (Fsp3) is 0.182. The van der Waals surface area contributed by atoms with Gasteiger partial charge in [-0.2, -0.15) is 0 Å². The zero-order valence-electron chi connectivity index (χ0n) is 16.9. The summed E-state index contributed by atoms with van der Waals surface area (Å²) in [6.07, 6.45) is 0. The molecule has 0 saturated heterocycles. The topological polar surface area (TPSA) is 102 Å². The Balaban J connectivity index is 1.76. The number of aryl methyl sites for hydroxylation is 1. The highest BCUT2D eigenvalue weighted by Crippen LogP contribution is 2.29. The summed E-state index contributed by atoms with van der Waals surface area (Å²) in [5.41, 5.74) is 2.36. The molecular formula is C22H21N5O3. The Morgan fingerprint density at radius 1 is 1.03 bits per heavy atom. The molecule has 4 rings (SSSR count). The van der Waals surface area contributed by atoms with E-state index in [0.717, 1.165) is 11.1 Å². The van der Waals surface area contributed by atoms with Crippen LogP contribution in [0.5, 0.6) is 11.5 Å². The molecule has 2 aromatic carbocycles. The highest BCUT2D eigenvalue weighted by molar-refractivity contribution is 5.87. The number of methoxy groups -OCH3 is 1. The molecule has 8 heteroatoms. The van der Waals surface area contributed by atoms with Crippen molar-refractivity contribution < 1.29 is 9.47 Å². The number of hydrogen-bond acceptors (Lipinski definition) is 7. The number of rotatable bonds is 6. The maximum absolute atomic E-state index is 12.3. The average Bonchev–Trinajstić information content (AvgIpc) is 2.74. The molecule has 0 aliphatic heterocycles. The van der Waals surface area contributed by atoms with E-state index in [9.17, 15) is 4.79 Å². The van der Waals surface area contributed by atoms with Gasteiger partial charge in [-0.1, -0.05) is 24.3 Å². The van der Waals surface area contributed by atoms with Gasteiger partial charge in [-0.3, -0.25) is 15.1 Å². The zero-order valence-corrected chi connectivity index (χ0v) is 16.9. The minimum Gasteiger partial charge on any atom is -0.496 e. The molecule has 0 bridgehead atoms. The Hall–Kier alpha value is -3.94. The summed E-state index contributed by atoms with van der Waals surface area (Å²) >= 11 is 0. The lowest BCUT2D eigenvalue weighted by molar-refractivity contribution is 0.343.